The minimum absolute atomic E-state index is 0.217. The molecule has 0 aliphatic heterocycles. The van der Waals surface area contributed by atoms with Gasteiger partial charge < -0.3 is 4.90 Å². The Morgan fingerprint density at radius 3 is 2.50 bits per heavy atom. The van der Waals surface area contributed by atoms with Gasteiger partial charge >= 0.3 is 6.18 Å². The molecule has 18 heavy (non-hydrogen) atoms. The number of alkyl halides is 4. The lowest BCUT2D eigenvalue weighted by Gasteiger charge is -2.21. The van der Waals surface area contributed by atoms with Gasteiger partial charge in [0.2, 0.25) is 0 Å². The molecule has 0 unspecified atom stereocenters. The predicted molar refractivity (Wildman–Crippen MR) is 70.1 cm³/mol. The van der Waals surface area contributed by atoms with Crippen LogP contribution in [0.4, 0.5) is 18.9 Å². The van der Waals surface area contributed by atoms with Gasteiger partial charge in [-0.2, -0.15) is 13.2 Å². The van der Waals surface area contributed by atoms with Crippen LogP contribution in [-0.2, 0) is 11.5 Å². The highest BCUT2D eigenvalue weighted by atomic mass is 79.9. The van der Waals surface area contributed by atoms with Crippen LogP contribution in [0.1, 0.15) is 24.0 Å². The molecule has 1 aliphatic rings. The number of halogens is 4. The molecular formula is C13H15BrF3N. The highest BCUT2D eigenvalue weighted by molar-refractivity contribution is 9.08. The second-order valence-corrected chi connectivity index (χ2v) is 5.36. The van der Waals surface area contributed by atoms with Gasteiger partial charge in [0.25, 0.3) is 0 Å². The van der Waals surface area contributed by atoms with Gasteiger partial charge in [-0.25, -0.2) is 0 Å². The van der Waals surface area contributed by atoms with Crippen LogP contribution in [0.3, 0.4) is 0 Å². The highest BCUT2D eigenvalue weighted by Crippen LogP contribution is 2.36. The van der Waals surface area contributed by atoms with Gasteiger partial charge in [0.15, 0.2) is 0 Å². The summed E-state index contributed by atoms with van der Waals surface area (Å²) in [5, 5.41) is 0.217. The average Bonchev–Trinajstić information content (AvgIpc) is 3.11. The van der Waals surface area contributed by atoms with Crippen LogP contribution in [0.25, 0.3) is 0 Å². The van der Waals surface area contributed by atoms with E-state index in [0.717, 1.165) is 6.54 Å². The number of hydrogen-bond acceptors (Lipinski definition) is 1. The largest absolute Gasteiger partial charge is 0.416 e. The molecule has 5 heteroatoms. The molecule has 0 heterocycles. The Hall–Kier alpha value is -0.710. The molecule has 0 N–H and O–H groups in total. The van der Waals surface area contributed by atoms with E-state index in [4.69, 9.17) is 0 Å². The van der Waals surface area contributed by atoms with Crippen LogP contribution in [0.15, 0.2) is 18.2 Å². The second-order valence-electron chi connectivity index (χ2n) is 4.80. The van der Waals surface area contributed by atoms with E-state index in [1.54, 1.807) is 12.1 Å². The number of hydrogen-bond donors (Lipinski definition) is 0. The fraction of sp³-hybridized carbons (Fsp3) is 0.538. The van der Waals surface area contributed by atoms with Crippen molar-refractivity contribution in [3.8, 4) is 0 Å². The molecule has 0 aromatic heterocycles. The van der Waals surface area contributed by atoms with Gasteiger partial charge in [0.1, 0.15) is 0 Å². The monoisotopic (exact) mass is 321 g/mol. The van der Waals surface area contributed by atoms with Crippen molar-refractivity contribution in [1.82, 2.24) is 0 Å². The molecule has 0 bridgehead atoms. The number of rotatable bonds is 4. The van der Waals surface area contributed by atoms with Gasteiger partial charge in [0.05, 0.1) is 5.56 Å². The molecule has 1 nitrogen and oxygen atoms in total. The van der Waals surface area contributed by atoms with Gasteiger partial charge in [-0.3, -0.25) is 0 Å². The van der Waals surface area contributed by atoms with E-state index < -0.39 is 11.7 Å². The van der Waals surface area contributed by atoms with Crippen molar-refractivity contribution in [2.45, 2.75) is 24.3 Å². The first-order valence-corrected chi connectivity index (χ1v) is 7.01. The number of benzene rings is 1. The van der Waals surface area contributed by atoms with Crippen molar-refractivity contribution in [2.75, 3.05) is 18.5 Å². The maximum Gasteiger partial charge on any atom is 0.416 e. The Morgan fingerprint density at radius 2 is 2.00 bits per heavy atom. The fourth-order valence-electron chi connectivity index (χ4n) is 1.98. The second kappa shape index (κ2) is 5.11. The zero-order valence-corrected chi connectivity index (χ0v) is 11.7. The van der Waals surface area contributed by atoms with Gasteiger partial charge in [-0.1, -0.05) is 22.0 Å². The molecule has 0 saturated heterocycles. The maximum absolute atomic E-state index is 12.9. The summed E-state index contributed by atoms with van der Waals surface area (Å²) in [6.07, 6.45) is -1.91. The quantitative estimate of drug-likeness (QED) is 0.741. The van der Waals surface area contributed by atoms with Crippen molar-refractivity contribution in [1.29, 1.82) is 0 Å². The summed E-state index contributed by atoms with van der Waals surface area (Å²) >= 11 is 3.10. The standard InChI is InChI=1S/C13H15BrF3N/c1-18(8-9-2-3-9)11-5-4-10(7-14)12(6-11)13(15,16)17/h4-6,9H,2-3,7-8H2,1H3. The number of nitrogens with zero attached hydrogens (tertiary/aromatic N) is 1. The van der Waals surface area contributed by atoms with Crippen molar-refractivity contribution in [2.24, 2.45) is 5.92 Å². The number of anilines is 1. The lowest BCUT2D eigenvalue weighted by Crippen LogP contribution is -2.21. The molecule has 2 rings (SSSR count). The zero-order valence-electron chi connectivity index (χ0n) is 10.1. The normalized spacial score (nSPS) is 15.8. The molecule has 0 radical (unpaired) electrons. The average molecular weight is 322 g/mol. The summed E-state index contributed by atoms with van der Waals surface area (Å²) in [4.78, 5) is 1.91. The van der Waals surface area contributed by atoms with E-state index in [0.29, 0.717) is 11.6 Å². The van der Waals surface area contributed by atoms with E-state index in [1.807, 2.05) is 11.9 Å². The topological polar surface area (TPSA) is 3.24 Å². The maximum atomic E-state index is 12.9. The van der Waals surface area contributed by atoms with E-state index in [1.165, 1.54) is 18.9 Å². The van der Waals surface area contributed by atoms with Crippen molar-refractivity contribution >= 4 is 21.6 Å². The first-order valence-electron chi connectivity index (χ1n) is 5.89. The van der Waals surface area contributed by atoms with Crippen molar-refractivity contribution < 1.29 is 13.2 Å². The summed E-state index contributed by atoms with van der Waals surface area (Å²) in [6.45, 7) is 0.838. The van der Waals surface area contributed by atoms with E-state index >= 15 is 0 Å². The third-order valence-electron chi connectivity index (χ3n) is 3.21. The molecule has 100 valence electrons. The van der Waals surface area contributed by atoms with Crippen LogP contribution in [-0.4, -0.2) is 13.6 Å². The fourth-order valence-corrected chi connectivity index (χ4v) is 2.46. The molecule has 1 aromatic rings. The Balaban J connectivity index is 2.26. The minimum Gasteiger partial charge on any atom is -0.374 e. The van der Waals surface area contributed by atoms with Crippen LogP contribution < -0.4 is 4.90 Å². The smallest absolute Gasteiger partial charge is 0.374 e. The third-order valence-corrected chi connectivity index (χ3v) is 3.82. The SMILES string of the molecule is CN(CC1CC1)c1ccc(CBr)c(C(F)(F)F)c1. The highest BCUT2D eigenvalue weighted by Gasteiger charge is 2.33. The molecule has 1 aliphatic carbocycles. The first kappa shape index (κ1) is 13.7. The lowest BCUT2D eigenvalue weighted by atomic mass is 10.1. The third kappa shape index (κ3) is 3.19. The summed E-state index contributed by atoms with van der Waals surface area (Å²) in [7, 11) is 1.85. The summed E-state index contributed by atoms with van der Waals surface area (Å²) < 4.78 is 38.7. The van der Waals surface area contributed by atoms with Gasteiger partial charge in [-0.15, -0.1) is 0 Å². The lowest BCUT2D eigenvalue weighted by molar-refractivity contribution is -0.138. The van der Waals surface area contributed by atoms with E-state index in [2.05, 4.69) is 15.9 Å². The predicted octanol–water partition coefficient (Wildman–Crippen LogP) is 4.45. The van der Waals surface area contributed by atoms with E-state index in [-0.39, 0.29) is 10.9 Å². The van der Waals surface area contributed by atoms with Crippen molar-refractivity contribution in [3.63, 3.8) is 0 Å². The summed E-state index contributed by atoms with van der Waals surface area (Å²) in [5.74, 6) is 0.653. The molecule has 0 atom stereocenters. The Bertz CT molecular complexity index is 427. The van der Waals surface area contributed by atoms with Crippen LogP contribution >= 0.6 is 15.9 Å². The Kier molecular flexibility index (Phi) is 3.90. The van der Waals surface area contributed by atoms with Crippen molar-refractivity contribution in [3.05, 3.63) is 29.3 Å². The summed E-state index contributed by atoms with van der Waals surface area (Å²) in [6, 6.07) is 4.56. The first-order chi connectivity index (χ1) is 8.41. The minimum atomic E-state index is -4.29. The summed E-state index contributed by atoms with van der Waals surface area (Å²) in [5.41, 5.74) is 0.379. The van der Waals surface area contributed by atoms with Gasteiger partial charge in [0, 0.05) is 24.6 Å². The molecule has 1 aromatic carbocycles. The molecule has 1 saturated carbocycles. The van der Waals surface area contributed by atoms with E-state index in [9.17, 15) is 13.2 Å². The molecular weight excluding hydrogens is 307 g/mol. The molecule has 0 amide bonds. The molecule has 1 fully saturated rings. The van der Waals surface area contributed by atoms with Crippen LogP contribution in [0, 0.1) is 5.92 Å². The molecule has 0 spiro atoms. The Morgan fingerprint density at radius 1 is 1.33 bits per heavy atom. The Labute approximate surface area is 113 Å². The zero-order chi connectivity index (χ0) is 13.3. The van der Waals surface area contributed by atoms with Crippen LogP contribution in [0.5, 0.6) is 0 Å². The van der Waals surface area contributed by atoms with Crippen LogP contribution in [0.2, 0.25) is 0 Å². The van der Waals surface area contributed by atoms with Gasteiger partial charge in [-0.05, 0) is 36.5 Å².